The summed E-state index contributed by atoms with van der Waals surface area (Å²) < 4.78 is 11.2. The highest BCUT2D eigenvalue weighted by Crippen LogP contribution is 2.26. The molecule has 8 heteroatoms. The Bertz CT molecular complexity index is 994. The Balaban J connectivity index is 2.06. The lowest BCUT2D eigenvalue weighted by molar-refractivity contribution is -0.139. The Morgan fingerprint density at radius 2 is 1.81 bits per heavy atom. The average Bonchev–Trinajstić information content (AvgIpc) is 3.02. The fourth-order valence-electron chi connectivity index (χ4n) is 2.41. The summed E-state index contributed by atoms with van der Waals surface area (Å²) in [6, 6.07) is 12.1. The average molecular weight is 352 g/mol. The molecule has 0 aliphatic heterocycles. The van der Waals surface area contributed by atoms with Crippen molar-refractivity contribution in [3.63, 3.8) is 0 Å². The minimum Gasteiger partial charge on any atom is -0.469 e. The molecule has 0 bridgehead atoms. The number of pyridine rings is 1. The van der Waals surface area contributed by atoms with Crippen LogP contribution in [-0.2, 0) is 20.7 Å². The number of rotatable bonds is 5. The van der Waals surface area contributed by atoms with E-state index in [4.69, 9.17) is 9.47 Å². The first-order valence-corrected chi connectivity index (χ1v) is 7.76. The maximum Gasteiger partial charge on any atom is 0.340 e. The van der Waals surface area contributed by atoms with E-state index in [1.54, 1.807) is 40.9 Å². The number of nitrogens with zero attached hydrogens (tertiary/aromatic N) is 4. The van der Waals surface area contributed by atoms with Gasteiger partial charge in [0.25, 0.3) is 0 Å². The molecule has 3 aromatic rings. The smallest absolute Gasteiger partial charge is 0.340 e. The minimum absolute atomic E-state index is 0.0365. The maximum absolute atomic E-state index is 11.9. The first-order chi connectivity index (χ1) is 12.6. The van der Waals surface area contributed by atoms with Crippen molar-refractivity contribution < 1.29 is 19.1 Å². The summed E-state index contributed by atoms with van der Waals surface area (Å²) in [7, 11) is 2.61. The van der Waals surface area contributed by atoms with E-state index in [2.05, 4.69) is 15.2 Å². The minimum atomic E-state index is -0.507. The van der Waals surface area contributed by atoms with Gasteiger partial charge in [0.05, 0.1) is 31.9 Å². The Kier molecular flexibility index (Phi) is 5.02. The van der Waals surface area contributed by atoms with Gasteiger partial charge in [0.15, 0.2) is 5.82 Å². The summed E-state index contributed by atoms with van der Waals surface area (Å²) in [5.74, 6) is -0.544. The van der Waals surface area contributed by atoms with Crippen molar-refractivity contribution in [3.05, 3.63) is 59.9 Å². The fraction of sp³-hybridized carbons (Fsp3) is 0.167. The van der Waals surface area contributed by atoms with Gasteiger partial charge in [0.2, 0.25) is 0 Å². The Labute approximate surface area is 149 Å². The van der Waals surface area contributed by atoms with E-state index in [0.29, 0.717) is 28.4 Å². The normalized spacial score (nSPS) is 11.0. The summed E-state index contributed by atoms with van der Waals surface area (Å²) in [6.07, 6.45) is 1.73. The molecule has 0 atom stereocenters. The lowest BCUT2D eigenvalue weighted by Crippen LogP contribution is -2.04. The van der Waals surface area contributed by atoms with Crippen LogP contribution in [0.5, 0.6) is 0 Å². The number of fused-ring (bicyclic) bond motifs is 1. The standard InChI is InChI=1S/C18H16N4O4/c1-25-16(23)11-14-17(22-10-6-5-9-15(22)19-14)21-20-13-8-4-3-7-12(13)18(24)26-2/h3-10H,11H2,1-2H3. The monoisotopic (exact) mass is 352 g/mol. The first-order valence-electron chi connectivity index (χ1n) is 7.76. The zero-order valence-corrected chi connectivity index (χ0v) is 14.2. The van der Waals surface area contributed by atoms with Crippen molar-refractivity contribution in [2.45, 2.75) is 6.42 Å². The summed E-state index contributed by atoms with van der Waals surface area (Å²) in [4.78, 5) is 27.9. The van der Waals surface area contributed by atoms with E-state index in [0.717, 1.165) is 0 Å². The topological polar surface area (TPSA) is 94.6 Å². The van der Waals surface area contributed by atoms with Gasteiger partial charge in [0, 0.05) is 6.20 Å². The Morgan fingerprint density at radius 1 is 1.04 bits per heavy atom. The number of benzene rings is 1. The molecule has 8 nitrogen and oxygen atoms in total. The van der Waals surface area contributed by atoms with Crippen molar-refractivity contribution in [3.8, 4) is 0 Å². The molecule has 0 saturated carbocycles. The van der Waals surface area contributed by atoms with Crippen molar-refractivity contribution in [1.82, 2.24) is 9.38 Å². The summed E-state index contributed by atoms with van der Waals surface area (Å²) in [6.45, 7) is 0. The van der Waals surface area contributed by atoms with E-state index in [1.165, 1.54) is 14.2 Å². The van der Waals surface area contributed by atoms with E-state index in [-0.39, 0.29) is 6.42 Å². The lowest BCUT2D eigenvalue weighted by atomic mass is 10.2. The van der Waals surface area contributed by atoms with Gasteiger partial charge < -0.3 is 9.47 Å². The Morgan fingerprint density at radius 3 is 2.58 bits per heavy atom. The number of carbonyl (C=O) groups is 2. The van der Waals surface area contributed by atoms with Gasteiger partial charge in [-0.1, -0.05) is 18.2 Å². The van der Waals surface area contributed by atoms with E-state index >= 15 is 0 Å². The number of methoxy groups -OCH3 is 2. The lowest BCUT2D eigenvalue weighted by Gasteiger charge is -2.02. The SMILES string of the molecule is COC(=O)Cc1nc2ccccn2c1N=Nc1ccccc1C(=O)OC. The van der Waals surface area contributed by atoms with Crippen LogP contribution in [-0.4, -0.2) is 35.5 Å². The molecule has 26 heavy (non-hydrogen) atoms. The number of ether oxygens (including phenoxy) is 2. The molecule has 0 fully saturated rings. The van der Waals surface area contributed by atoms with E-state index < -0.39 is 11.9 Å². The van der Waals surface area contributed by atoms with Crippen LogP contribution in [0.2, 0.25) is 0 Å². The summed E-state index contributed by atoms with van der Waals surface area (Å²) in [5, 5.41) is 8.41. The van der Waals surface area contributed by atoms with Gasteiger partial charge in [-0.15, -0.1) is 10.2 Å². The van der Waals surface area contributed by atoms with Gasteiger partial charge in [-0.25, -0.2) is 9.78 Å². The molecule has 0 aliphatic rings. The zero-order valence-electron chi connectivity index (χ0n) is 14.2. The van der Waals surface area contributed by atoms with Crippen LogP contribution < -0.4 is 0 Å². The molecule has 0 spiro atoms. The van der Waals surface area contributed by atoms with Crippen LogP contribution in [0.25, 0.3) is 5.65 Å². The highest BCUT2D eigenvalue weighted by molar-refractivity contribution is 5.94. The van der Waals surface area contributed by atoms with Crippen LogP contribution in [0, 0.1) is 0 Å². The highest BCUT2D eigenvalue weighted by Gasteiger charge is 2.16. The molecular weight excluding hydrogens is 336 g/mol. The zero-order chi connectivity index (χ0) is 18.5. The first kappa shape index (κ1) is 17.3. The molecule has 0 unspecified atom stereocenters. The van der Waals surface area contributed by atoms with Crippen LogP contribution in [0.15, 0.2) is 58.9 Å². The number of azo groups is 1. The molecule has 0 amide bonds. The Hall–Kier alpha value is -3.55. The van der Waals surface area contributed by atoms with Gasteiger partial charge in [-0.3, -0.25) is 9.20 Å². The van der Waals surface area contributed by atoms with Gasteiger partial charge in [-0.2, -0.15) is 0 Å². The quantitative estimate of drug-likeness (QED) is 0.519. The highest BCUT2D eigenvalue weighted by atomic mass is 16.5. The van der Waals surface area contributed by atoms with Gasteiger partial charge in [-0.05, 0) is 24.3 Å². The predicted octanol–water partition coefficient (Wildman–Crippen LogP) is 3.25. The molecule has 3 rings (SSSR count). The summed E-state index contributed by atoms with van der Waals surface area (Å²) >= 11 is 0. The molecular formula is C18H16N4O4. The second-order valence-electron chi connectivity index (χ2n) is 5.27. The fourth-order valence-corrected chi connectivity index (χ4v) is 2.41. The molecule has 0 N–H and O–H groups in total. The molecule has 132 valence electrons. The largest absolute Gasteiger partial charge is 0.469 e. The third kappa shape index (κ3) is 3.44. The van der Waals surface area contributed by atoms with Crippen molar-refractivity contribution in [2.24, 2.45) is 10.2 Å². The van der Waals surface area contributed by atoms with Crippen LogP contribution in [0.3, 0.4) is 0 Å². The summed E-state index contributed by atoms with van der Waals surface area (Å²) in [5.41, 5.74) is 1.71. The second kappa shape index (κ2) is 7.56. The van der Waals surface area contributed by atoms with Crippen molar-refractivity contribution >= 4 is 29.1 Å². The molecule has 0 saturated heterocycles. The van der Waals surface area contributed by atoms with Crippen LogP contribution in [0.1, 0.15) is 16.1 Å². The number of aromatic nitrogens is 2. The maximum atomic E-state index is 11.9. The second-order valence-corrected chi connectivity index (χ2v) is 5.27. The van der Waals surface area contributed by atoms with Crippen molar-refractivity contribution in [1.29, 1.82) is 0 Å². The van der Waals surface area contributed by atoms with Gasteiger partial charge in [0.1, 0.15) is 11.3 Å². The third-order valence-electron chi connectivity index (χ3n) is 3.68. The number of imidazole rings is 1. The molecule has 2 heterocycles. The van der Waals surface area contributed by atoms with E-state index in [9.17, 15) is 9.59 Å². The number of hydrogen-bond acceptors (Lipinski definition) is 7. The molecule has 0 aliphatic carbocycles. The number of esters is 2. The number of carbonyl (C=O) groups excluding carboxylic acids is 2. The third-order valence-corrected chi connectivity index (χ3v) is 3.68. The number of hydrogen-bond donors (Lipinski definition) is 0. The molecule has 1 aromatic carbocycles. The van der Waals surface area contributed by atoms with Gasteiger partial charge >= 0.3 is 11.9 Å². The van der Waals surface area contributed by atoms with Crippen molar-refractivity contribution in [2.75, 3.05) is 14.2 Å². The predicted molar refractivity (Wildman–Crippen MR) is 92.9 cm³/mol. The van der Waals surface area contributed by atoms with Crippen LogP contribution >= 0.6 is 0 Å². The molecule has 0 radical (unpaired) electrons. The molecule has 2 aromatic heterocycles. The van der Waals surface area contributed by atoms with Crippen LogP contribution in [0.4, 0.5) is 11.5 Å². The van der Waals surface area contributed by atoms with E-state index in [1.807, 2.05) is 12.1 Å².